The largest absolute Gasteiger partial charge is 0.469 e. The first-order valence-corrected chi connectivity index (χ1v) is 7.44. The second-order valence-electron chi connectivity index (χ2n) is 4.22. The third-order valence-electron chi connectivity index (χ3n) is 2.99. The van der Waals surface area contributed by atoms with Crippen molar-refractivity contribution in [1.29, 1.82) is 0 Å². The second kappa shape index (κ2) is 5.16. The fraction of sp³-hybridized carbons (Fsp3) is 0.214. The first-order chi connectivity index (χ1) is 9.00. The molecule has 0 saturated carbocycles. The number of furan rings is 1. The van der Waals surface area contributed by atoms with Crippen molar-refractivity contribution in [2.75, 3.05) is 7.11 Å². The molecule has 0 bridgehead atoms. The summed E-state index contributed by atoms with van der Waals surface area (Å²) in [6, 6.07) is 8.51. The van der Waals surface area contributed by atoms with Crippen LogP contribution in [-0.2, 0) is 9.09 Å². The Morgan fingerprint density at radius 3 is 2.32 bits per heavy atom. The van der Waals surface area contributed by atoms with Gasteiger partial charge < -0.3 is 8.94 Å². The Morgan fingerprint density at radius 2 is 1.84 bits per heavy atom. The van der Waals surface area contributed by atoms with Crippen molar-refractivity contribution in [3.8, 4) is 0 Å². The van der Waals surface area contributed by atoms with Crippen molar-refractivity contribution in [2.45, 2.75) is 13.8 Å². The Bertz CT molecular complexity index is 623. The number of aryl methyl sites for hydroxylation is 2. The van der Waals surface area contributed by atoms with Gasteiger partial charge in [0, 0.05) is 12.4 Å². The summed E-state index contributed by atoms with van der Waals surface area (Å²) < 4.78 is 23.2. The van der Waals surface area contributed by atoms with Gasteiger partial charge in [-0.3, -0.25) is 9.36 Å². The topological polar surface area (TPSA) is 56.5 Å². The van der Waals surface area contributed by atoms with Crippen molar-refractivity contribution in [3.05, 3.63) is 53.5 Å². The van der Waals surface area contributed by atoms with Gasteiger partial charge in [-0.1, -0.05) is 18.2 Å². The highest BCUT2D eigenvalue weighted by Gasteiger charge is 2.37. The summed E-state index contributed by atoms with van der Waals surface area (Å²) in [5, 5.41) is 0.391. The lowest BCUT2D eigenvalue weighted by Crippen LogP contribution is -2.15. The monoisotopic (exact) mass is 278 g/mol. The molecule has 2 aromatic rings. The summed E-state index contributed by atoms with van der Waals surface area (Å²) >= 11 is 0. The minimum Gasteiger partial charge on any atom is -0.469 e. The molecule has 0 aliphatic rings. The van der Waals surface area contributed by atoms with E-state index in [4.69, 9.17) is 8.94 Å². The van der Waals surface area contributed by atoms with Gasteiger partial charge >= 0.3 is 7.37 Å². The summed E-state index contributed by atoms with van der Waals surface area (Å²) in [6.45, 7) is 3.42. The number of carbonyl (C=O) groups is 1. The van der Waals surface area contributed by atoms with E-state index in [9.17, 15) is 9.36 Å². The van der Waals surface area contributed by atoms with E-state index in [0.717, 1.165) is 0 Å². The molecule has 1 heterocycles. The molecular weight excluding hydrogens is 263 g/mol. The van der Waals surface area contributed by atoms with Crippen molar-refractivity contribution in [1.82, 2.24) is 0 Å². The summed E-state index contributed by atoms with van der Waals surface area (Å²) in [4.78, 5) is 12.6. The van der Waals surface area contributed by atoms with Crippen molar-refractivity contribution in [3.63, 3.8) is 0 Å². The Kier molecular flexibility index (Phi) is 3.74. The molecule has 5 heteroatoms. The summed E-state index contributed by atoms with van der Waals surface area (Å²) in [6.07, 6.45) is 1.48. The predicted octanol–water partition coefficient (Wildman–Crippen LogP) is 3.29. The van der Waals surface area contributed by atoms with Crippen LogP contribution in [0.3, 0.4) is 0 Å². The van der Waals surface area contributed by atoms with Crippen LogP contribution in [0.25, 0.3) is 0 Å². The van der Waals surface area contributed by atoms with Gasteiger partial charge in [0.2, 0.25) is 0 Å². The molecule has 0 radical (unpaired) electrons. The van der Waals surface area contributed by atoms with E-state index < -0.39 is 12.9 Å². The van der Waals surface area contributed by atoms with Gasteiger partial charge in [-0.15, -0.1) is 0 Å². The Balaban J connectivity index is 2.55. The zero-order valence-electron chi connectivity index (χ0n) is 11.0. The van der Waals surface area contributed by atoms with Crippen LogP contribution in [0, 0.1) is 13.8 Å². The van der Waals surface area contributed by atoms with Crippen LogP contribution >= 0.6 is 7.37 Å². The normalized spacial score (nSPS) is 14.1. The Hall–Kier alpha value is -1.64. The van der Waals surface area contributed by atoms with Gasteiger partial charge in [0.25, 0.3) is 5.52 Å². The molecule has 4 nitrogen and oxygen atoms in total. The van der Waals surface area contributed by atoms with Gasteiger partial charge in [-0.2, -0.15) is 0 Å². The minimum atomic E-state index is -3.59. The van der Waals surface area contributed by atoms with E-state index >= 15 is 0 Å². The fourth-order valence-corrected chi connectivity index (χ4v) is 3.77. The molecule has 0 fully saturated rings. The maximum atomic E-state index is 12.9. The van der Waals surface area contributed by atoms with E-state index in [2.05, 4.69) is 0 Å². The third kappa shape index (κ3) is 2.29. The molecule has 0 N–H and O–H groups in total. The van der Waals surface area contributed by atoms with E-state index in [0.29, 0.717) is 22.2 Å². The molecule has 0 aliphatic carbocycles. The molecular formula is C14H15O4P. The quantitative estimate of drug-likeness (QED) is 0.805. The third-order valence-corrected chi connectivity index (χ3v) is 5.24. The van der Waals surface area contributed by atoms with E-state index in [1.807, 2.05) is 0 Å². The average molecular weight is 278 g/mol. The van der Waals surface area contributed by atoms with Crippen LogP contribution in [-0.4, -0.2) is 12.6 Å². The first-order valence-electron chi connectivity index (χ1n) is 5.81. The molecule has 1 aromatic carbocycles. The Morgan fingerprint density at radius 1 is 1.21 bits per heavy atom. The highest BCUT2D eigenvalue weighted by Crippen LogP contribution is 2.49. The lowest BCUT2D eigenvalue weighted by atomic mass is 10.2. The standard InChI is InChI=1S/C14H15O4P/c1-10-9-18-11(2)13(10)14(15)19(16,17-3)12-7-5-4-6-8-12/h4-9H,1-3H3. The lowest BCUT2D eigenvalue weighted by Gasteiger charge is -2.15. The molecule has 0 saturated heterocycles. The SMILES string of the molecule is COP(=O)(C(=O)c1c(C)coc1C)c1ccccc1. The molecule has 1 aromatic heterocycles. The van der Waals surface area contributed by atoms with E-state index in [1.165, 1.54) is 13.4 Å². The van der Waals surface area contributed by atoms with Gasteiger partial charge in [-0.05, 0) is 31.5 Å². The molecule has 0 amide bonds. The fourth-order valence-electron chi connectivity index (χ4n) is 1.97. The summed E-state index contributed by atoms with van der Waals surface area (Å²) in [5.41, 5.74) is 0.481. The van der Waals surface area contributed by atoms with Crippen LogP contribution in [0.15, 0.2) is 41.0 Å². The van der Waals surface area contributed by atoms with Crippen LogP contribution in [0.1, 0.15) is 21.7 Å². The molecule has 0 spiro atoms. The van der Waals surface area contributed by atoms with Gasteiger partial charge in [0.1, 0.15) is 5.76 Å². The van der Waals surface area contributed by atoms with E-state index in [1.54, 1.807) is 44.2 Å². The number of rotatable bonds is 4. The second-order valence-corrected chi connectivity index (χ2v) is 6.62. The lowest BCUT2D eigenvalue weighted by molar-refractivity contribution is 0.105. The number of benzene rings is 1. The van der Waals surface area contributed by atoms with Gasteiger partial charge in [0.15, 0.2) is 0 Å². The average Bonchev–Trinajstić information content (AvgIpc) is 2.77. The van der Waals surface area contributed by atoms with E-state index in [-0.39, 0.29) is 0 Å². The van der Waals surface area contributed by atoms with Crippen molar-refractivity contribution < 1.29 is 18.3 Å². The van der Waals surface area contributed by atoms with Crippen LogP contribution in [0.4, 0.5) is 0 Å². The number of carbonyl (C=O) groups excluding carboxylic acids is 1. The zero-order chi connectivity index (χ0) is 14.0. The molecule has 1 unspecified atom stereocenters. The highest BCUT2D eigenvalue weighted by atomic mass is 31.2. The number of hydrogen-bond donors (Lipinski definition) is 0. The zero-order valence-corrected chi connectivity index (χ0v) is 11.9. The molecule has 0 aliphatic heterocycles. The smallest absolute Gasteiger partial charge is 0.300 e. The van der Waals surface area contributed by atoms with Crippen LogP contribution in [0.2, 0.25) is 0 Å². The summed E-state index contributed by atoms with van der Waals surface area (Å²) in [7, 11) is -2.30. The predicted molar refractivity (Wildman–Crippen MR) is 73.2 cm³/mol. The maximum Gasteiger partial charge on any atom is 0.300 e. The highest BCUT2D eigenvalue weighted by molar-refractivity contribution is 7.83. The van der Waals surface area contributed by atoms with Crippen molar-refractivity contribution >= 4 is 18.2 Å². The molecule has 2 rings (SSSR count). The molecule has 19 heavy (non-hydrogen) atoms. The van der Waals surface area contributed by atoms with Crippen LogP contribution < -0.4 is 5.30 Å². The molecule has 1 atom stereocenters. The van der Waals surface area contributed by atoms with Crippen molar-refractivity contribution in [2.24, 2.45) is 0 Å². The van der Waals surface area contributed by atoms with Gasteiger partial charge in [0.05, 0.1) is 11.8 Å². The first kappa shape index (κ1) is 13.8. The molecule has 100 valence electrons. The van der Waals surface area contributed by atoms with Crippen LogP contribution in [0.5, 0.6) is 0 Å². The minimum absolute atomic E-state index is 0.342. The number of hydrogen-bond acceptors (Lipinski definition) is 4. The summed E-state index contributed by atoms with van der Waals surface area (Å²) in [5.74, 6) is 0.454. The maximum absolute atomic E-state index is 12.9. The Labute approximate surface area is 111 Å². The van der Waals surface area contributed by atoms with Gasteiger partial charge in [-0.25, -0.2) is 0 Å².